The summed E-state index contributed by atoms with van der Waals surface area (Å²) in [6.45, 7) is 2.22. The van der Waals surface area contributed by atoms with Gasteiger partial charge in [0, 0.05) is 13.1 Å². The van der Waals surface area contributed by atoms with Gasteiger partial charge in [-0.15, -0.1) is 0 Å². The summed E-state index contributed by atoms with van der Waals surface area (Å²) in [5.41, 5.74) is 0.690. The molecule has 0 aromatic carbocycles. The first kappa shape index (κ1) is 10.8. The van der Waals surface area contributed by atoms with Gasteiger partial charge in [-0.1, -0.05) is 0 Å². The van der Waals surface area contributed by atoms with E-state index in [0.29, 0.717) is 11.7 Å². The summed E-state index contributed by atoms with van der Waals surface area (Å²) in [5, 5.41) is 8.00. The number of anilines is 1. The molecule has 2 heterocycles. The van der Waals surface area contributed by atoms with Crippen LogP contribution in [-0.4, -0.2) is 33.3 Å². The maximum absolute atomic E-state index is 5.93. The number of hydrogen-bond acceptors (Lipinski definition) is 4. The van der Waals surface area contributed by atoms with Gasteiger partial charge in [0.15, 0.2) is 5.65 Å². The maximum Gasteiger partial charge on any atom is 0.226 e. The van der Waals surface area contributed by atoms with Gasteiger partial charge in [-0.3, -0.25) is 5.10 Å². The lowest BCUT2D eigenvalue weighted by Crippen LogP contribution is -2.31. The third kappa shape index (κ3) is 1.84. The second-order valence-electron chi connectivity index (χ2n) is 4.64. The zero-order valence-electron chi connectivity index (χ0n) is 9.81. The number of H-pyrrole nitrogens is 1. The van der Waals surface area contributed by atoms with Crippen molar-refractivity contribution in [3.05, 3.63) is 11.5 Å². The molecule has 6 heteroatoms. The van der Waals surface area contributed by atoms with Gasteiger partial charge < -0.3 is 4.90 Å². The molecule has 3 rings (SSSR count). The van der Waals surface area contributed by atoms with Crippen LogP contribution in [0.3, 0.4) is 0 Å². The number of nitrogens with zero attached hydrogens (tertiary/aromatic N) is 4. The van der Waals surface area contributed by atoms with E-state index in [9.17, 15) is 0 Å². The van der Waals surface area contributed by atoms with Crippen LogP contribution in [0.2, 0.25) is 5.28 Å². The largest absolute Gasteiger partial charge is 0.356 e. The highest BCUT2D eigenvalue weighted by atomic mass is 35.5. The zero-order chi connectivity index (χ0) is 12.0. The van der Waals surface area contributed by atoms with Crippen LogP contribution in [-0.2, 0) is 0 Å². The number of rotatable bonds is 3. The molecule has 0 aliphatic heterocycles. The number of aromatic nitrogens is 4. The minimum Gasteiger partial charge on any atom is -0.356 e. The molecule has 0 radical (unpaired) electrons. The summed E-state index contributed by atoms with van der Waals surface area (Å²) in [5.74, 6) is 1.63. The first-order chi connectivity index (χ1) is 8.16. The van der Waals surface area contributed by atoms with Gasteiger partial charge in [0.25, 0.3) is 0 Å². The zero-order valence-corrected chi connectivity index (χ0v) is 10.6. The summed E-state index contributed by atoms with van der Waals surface area (Å²) in [7, 11) is 2.05. The maximum atomic E-state index is 5.93. The molecule has 17 heavy (non-hydrogen) atoms. The van der Waals surface area contributed by atoms with Crippen LogP contribution in [0.4, 0.5) is 5.82 Å². The van der Waals surface area contributed by atoms with Gasteiger partial charge in [0.2, 0.25) is 5.28 Å². The van der Waals surface area contributed by atoms with Crippen LogP contribution in [0.5, 0.6) is 0 Å². The van der Waals surface area contributed by atoms with E-state index in [1.165, 1.54) is 12.8 Å². The van der Waals surface area contributed by atoms with Crippen LogP contribution < -0.4 is 4.90 Å². The highest BCUT2D eigenvalue weighted by Crippen LogP contribution is 2.37. The lowest BCUT2D eigenvalue weighted by atomic mass is 10.2. The molecule has 1 aliphatic carbocycles. The molecular formula is C11H14ClN5. The van der Waals surface area contributed by atoms with Crippen molar-refractivity contribution in [3.8, 4) is 0 Å². The van der Waals surface area contributed by atoms with Gasteiger partial charge in [-0.25, -0.2) is 0 Å². The number of hydrogen-bond donors (Lipinski definition) is 1. The SMILES string of the molecule is CC(C1CC1)N(C)c1nc(Cl)nc2[nH]ncc12. The highest BCUT2D eigenvalue weighted by Gasteiger charge is 2.31. The monoisotopic (exact) mass is 251 g/mol. The topological polar surface area (TPSA) is 57.7 Å². The average Bonchev–Trinajstić information content (AvgIpc) is 3.05. The van der Waals surface area contributed by atoms with Gasteiger partial charge in [0.1, 0.15) is 5.82 Å². The Labute approximate surface area is 104 Å². The Bertz CT molecular complexity index is 548. The van der Waals surface area contributed by atoms with Gasteiger partial charge in [0.05, 0.1) is 11.6 Å². The van der Waals surface area contributed by atoms with Crippen molar-refractivity contribution in [1.82, 2.24) is 20.2 Å². The summed E-state index contributed by atoms with van der Waals surface area (Å²) < 4.78 is 0. The van der Waals surface area contributed by atoms with Crippen LogP contribution >= 0.6 is 11.6 Å². The first-order valence-electron chi connectivity index (χ1n) is 5.76. The summed E-state index contributed by atoms with van der Waals surface area (Å²) in [6, 6.07) is 0.471. The Morgan fingerprint density at radius 1 is 1.47 bits per heavy atom. The average molecular weight is 252 g/mol. The molecule has 2 aromatic rings. The Morgan fingerprint density at radius 3 is 2.94 bits per heavy atom. The molecule has 90 valence electrons. The van der Waals surface area contributed by atoms with E-state index in [1.54, 1.807) is 6.20 Å². The second-order valence-corrected chi connectivity index (χ2v) is 4.98. The van der Waals surface area contributed by atoms with E-state index >= 15 is 0 Å². The number of aromatic amines is 1. The van der Waals surface area contributed by atoms with Crippen LogP contribution in [0, 0.1) is 5.92 Å². The van der Waals surface area contributed by atoms with Gasteiger partial charge in [-0.05, 0) is 37.3 Å². The Morgan fingerprint density at radius 2 is 2.24 bits per heavy atom. The van der Waals surface area contributed by atoms with Crippen molar-refractivity contribution in [2.24, 2.45) is 5.92 Å². The van der Waals surface area contributed by atoms with E-state index in [-0.39, 0.29) is 5.28 Å². The lowest BCUT2D eigenvalue weighted by Gasteiger charge is -2.26. The Balaban J connectivity index is 2.05. The fourth-order valence-corrected chi connectivity index (χ4v) is 2.31. The van der Waals surface area contributed by atoms with Crippen LogP contribution in [0.1, 0.15) is 19.8 Å². The first-order valence-corrected chi connectivity index (χ1v) is 6.14. The molecule has 1 fully saturated rings. The van der Waals surface area contributed by atoms with Crippen LogP contribution in [0.25, 0.3) is 11.0 Å². The van der Waals surface area contributed by atoms with Crippen molar-refractivity contribution in [3.63, 3.8) is 0 Å². The molecule has 0 amide bonds. The molecular weight excluding hydrogens is 238 g/mol. The van der Waals surface area contributed by atoms with E-state index in [4.69, 9.17) is 11.6 Å². The summed E-state index contributed by atoms with van der Waals surface area (Å²) in [6.07, 6.45) is 4.36. The molecule has 1 aliphatic rings. The quantitative estimate of drug-likeness (QED) is 0.850. The Hall–Kier alpha value is -1.36. The van der Waals surface area contributed by atoms with Gasteiger partial charge in [-0.2, -0.15) is 15.1 Å². The predicted molar refractivity (Wildman–Crippen MR) is 67.3 cm³/mol. The molecule has 0 bridgehead atoms. The minimum absolute atomic E-state index is 0.256. The molecule has 1 N–H and O–H groups in total. The normalized spacial score (nSPS) is 17.4. The standard InChI is InChI=1S/C11H14ClN5/c1-6(7-3-4-7)17(2)10-8-5-13-16-9(8)14-11(12)15-10/h5-7H,3-4H2,1-2H3,(H,13,14,15,16). The molecule has 1 unspecified atom stereocenters. The van der Waals surface area contributed by atoms with E-state index < -0.39 is 0 Å². The van der Waals surface area contributed by atoms with E-state index in [2.05, 4.69) is 32.0 Å². The number of fused-ring (bicyclic) bond motifs is 1. The highest BCUT2D eigenvalue weighted by molar-refractivity contribution is 6.28. The summed E-state index contributed by atoms with van der Waals surface area (Å²) >= 11 is 5.93. The van der Waals surface area contributed by atoms with Gasteiger partial charge >= 0.3 is 0 Å². The summed E-state index contributed by atoms with van der Waals surface area (Å²) in [4.78, 5) is 10.6. The minimum atomic E-state index is 0.256. The fourth-order valence-electron chi connectivity index (χ4n) is 2.15. The van der Waals surface area contributed by atoms with E-state index in [1.807, 2.05) is 7.05 Å². The fraction of sp³-hybridized carbons (Fsp3) is 0.545. The lowest BCUT2D eigenvalue weighted by molar-refractivity contribution is 0.605. The van der Waals surface area contributed by atoms with Crippen molar-refractivity contribution in [2.45, 2.75) is 25.8 Å². The molecule has 2 aromatic heterocycles. The molecule has 0 saturated heterocycles. The Kier molecular flexibility index (Phi) is 2.43. The number of halogens is 1. The predicted octanol–water partition coefficient (Wildman–Crippen LogP) is 2.24. The van der Waals surface area contributed by atoms with E-state index in [0.717, 1.165) is 17.1 Å². The van der Waals surface area contributed by atoms with Crippen molar-refractivity contribution in [2.75, 3.05) is 11.9 Å². The third-order valence-corrected chi connectivity index (χ3v) is 3.68. The van der Waals surface area contributed by atoms with Crippen LogP contribution in [0.15, 0.2) is 6.20 Å². The van der Waals surface area contributed by atoms with Crippen molar-refractivity contribution in [1.29, 1.82) is 0 Å². The third-order valence-electron chi connectivity index (χ3n) is 3.51. The molecule has 1 saturated carbocycles. The van der Waals surface area contributed by atoms with Crippen molar-refractivity contribution < 1.29 is 0 Å². The smallest absolute Gasteiger partial charge is 0.226 e. The van der Waals surface area contributed by atoms with Crippen molar-refractivity contribution >= 4 is 28.5 Å². The molecule has 5 nitrogen and oxygen atoms in total. The molecule has 1 atom stereocenters. The second kappa shape index (κ2) is 3.84. The molecule has 0 spiro atoms. The number of nitrogens with one attached hydrogen (secondary N) is 1.